The maximum atomic E-state index is 11.8. The van der Waals surface area contributed by atoms with Crippen molar-refractivity contribution < 1.29 is 9.90 Å². The molecule has 1 heterocycles. The van der Waals surface area contributed by atoms with Gasteiger partial charge in [0.2, 0.25) is 5.91 Å². The van der Waals surface area contributed by atoms with E-state index in [0.717, 1.165) is 19.4 Å². The van der Waals surface area contributed by atoms with Gasteiger partial charge in [-0.1, -0.05) is 26.7 Å². The first-order valence-electron chi connectivity index (χ1n) is 7.27. The van der Waals surface area contributed by atoms with E-state index in [1.165, 1.54) is 12.8 Å². The molecule has 0 bridgehead atoms. The van der Waals surface area contributed by atoms with E-state index in [-0.39, 0.29) is 11.8 Å². The highest BCUT2D eigenvalue weighted by molar-refractivity contribution is 5.78. The summed E-state index contributed by atoms with van der Waals surface area (Å²) in [6.45, 7) is 8.18. The van der Waals surface area contributed by atoms with Crippen molar-refractivity contribution in [3.63, 3.8) is 0 Å². The number of rotatable bonds is 7. The van der Waals surface area contributed by atoms with Crippen LogP contribution in [-0.2, 0) is 4.79 Å². The van der Waals surface area contributed by atoms with Gasteiger partial charge in [-0.05, 0) is 32.2 Å². The van der Waals surface area contributed by atoms with Crippen molar-refractivity contribution in [1.29, 1.82) is 0 Å². The Kier molecular flexibility index (Phi) is 6.65. The van der Waals surface area contributed by atoms with E-state index in [1.807, 2.05) is 0 Å². The highest BCUT2D eigenvalue weighted by Crippen LogP contribution is 2.15. The van der Waals surface area contributed by atoms with Gasteiger partial charge in [-0.15, -0.1) is 0 Å². The first-order valence-corrected chi connectivity index (χ1v) is 7.27. The Labute approximate surface area is 111 Å². The van der Waals surface area contributed by atoms with Crippen molar-refractivity contribution in [1.82, 2.24) is 10.2 Å². The molecule has 1 aliphatic rings. The molecule has 1 amide bonds. The van der Waals surface area contributed by atoms with E-state index in [2.05, 4.69) is 31.0 Å². The molecule has 0 saturated carbocycles. The van der Waals surface area contributed by atoms with Gasteiger partial charge in [0.1, 0.15) is 0 Å². The Hall–Kier alpha value is -0.610. The molecule has 4 nitrogen and oxygen atoms in total. The van der Waals surface area contributed by atoms with Gasteiger partial charge in [-0.2, -0.15) is 0 Å². The van der Waals surface area contributed by atoms with Crippen LogP contribution in [0.2, 0.25) is 0 Å². The number of amides is 1. The highest BCUT2D eigenvalue weighted by atomic mass is 16.3. The van der Waals surface area contributed by atoms with Gasteiger partial charge in [0.25, 0.3) is 0 Å². The second kappa shape index (κ2) is 7.74. The Morgan fingerprint density at radius 2 is 2.11 bits per heavy atom. The van der Waals surface area contributed by atoms with Crippen LogP contribution in [0.15, 0.2) is 0 Å². The number of nitrogens with one attached hydrogen (secondary N) is 1. The number of hydrogen-bond donors (Lipinski definition) is 2. The first-order chi connectivity index (χ1) is 8.58. The summed E-state index contributed by atoms with van der Waals surface area (Å²) < 4.78 is 0. The fraction of sp³-hybridized carbons (Fsp3) is 0.929. The largest absolute Gasteiger partial charge is 0.391 e. The van der Waals surface area contributed by atoms with E-state index in [1.54, 1.807) is 0 Å². The number of aliphatic hydroxyl groups excluding tert-OH is 1. The molecule has 0 unspecified atom stereocenters. The summed E-state index contributed by atoms with van der Waals surface area (Å²) in [6.07, 6.45) is 3.86. The van der Waals surface area contributed by atoms with Crippen LogP contribution in [0.1, 0.15) is 46.5 Å². The molecule has 2 N–H and O–H groups in total. The third kappa shape index (κ3) is 4.58. The minimum Gasteiger partial charge on any atom is -0.391 e. The Balaban J connectivity index is 2.24. The summed E-state index contributed by atoms with van der Waals surface area (Å²) in [4.78, 5) is 14.0. The number of nitrogens with zero attached hydrogens (tertiary/aromatic N) is 1. The summed E-state index contributed by atoms with van der Waals surface area (Å²) in [5, 5.41) is 12.8. The Bertz CT molecular complexity index is 254. The van der Waals surface area contributed by atoms with Gasteiger partial charge in [-0.25, -0.2) is 0 Å². The number of carbonyl (C=O) groups is 1. The van der Waals surface area contributed by atoms with Crippen LogP contribution in [0.25, 0.3) is 0 Å². The summed E-state index contributed by atoms with van der Waals surface area (Å²) in [6, 6.07) is 0.514. The number of carbonyl (C=O) groups excluding carboxylic acids is 1. The van der Waals surface area contributed by atoms with Crippen LogP contribution in [0.3, 0.4) is 0 Å². The van der Waals surface area contributed by atoms with Crippen molar-refractivity contribution in [2.45, 2.75) is 58.6 Å². The average molecular weight is 256 g/mol. The zero-order valence-corrected chi connectivity index (χ0v) is 12.0. The van der Waals surface area contributed by atoms with Gasteiger partial charge >= 0.3 is 0 Å². The van der Waals surface area contributed by atoms with E-state index < -0.39 is 6.10 Å². The summed E-state index contributed by atoms with van der Waals surface area (Å²) >= 11 is 0. The van der Waals surface area contributed by atoms with E-state index >= 15 is 0 Å². The summed E-state index contributed by atoms with van der Waals surface area (Å²) in [5.74, 6) is 0.324. The number of hydrogen-bond acceptors (Lipinski definition) is 3. The highest BCUT2D eigenvalue weighted by Gasteiger charge is 2.23. The molecule has 4 heteroatoms. The quantitative estimate of drug-likeness (QED) is 0.723. The lowest BCUT2D eigenvalue weighted by Gasteiger charge is -2.23. The predicted molar refractivity (Wildman–Crippen MR) is 73.4 cm³/mol. The first kappa shape index (κ1) is 15.4. The van der Waals surface area contributed by atoms with Crippen LogP contribution in [0, 0.1) is 5.92 Å². The van der Waals surface area contributed by atoms with Crippen LogP contribution < -0.4 is 5.32 Å². The molecule has 0 radical (unpaired) electrons. The van der Waals surface area contributed by atoms with Gasteiger partial charge in [0, 0.05) is 12.6 Å². The third-order valence-electron chi connectivity index (χ3n) is 4.14. The van der Waals surface area contributed by atoms with Gasteiger partial charge in [-0.3, -0.25) is 9.69 Å². The minimum atomic E-state index is -0.417. The average Bonchev–Trinajstić information content (AvgIpc) is 2.74. The van der Waals surface area contributed by atoms with Gasteiger partial charge in [0.05, 0.1) is 12.6 Å². The van der Waals surface area contributed by atoms with Crippen LogP contribution in [-0.4, -0.2) is 47.7 Å². The van der Waals surface area contributed by atoms with E-state index in [9.17, 15) is 9.90 Å². The lowest BCUT2D eigenvalue weighted by molar-refractivity contribution is -0.123. The summed E-state index contributed by atoms with van der Waals surface area (Å²) in [7, 11) is 0. The maximum Gasteiger partial charge on any atom is 0.234 e. The smallest absolute Gasteiger partial charge is 0.234 e. The normalized spacial score (nSPS) is 22.4. The molecule has 1 saturated heterocycles. The van der Waals surface area contributed by atoms with Crippen LogP contribution >= 0.6 is 0 Å². The molecule has 0 spiro atoms. The topological polar surface area (TPSA) is 52.6 Å². The van der Waals surface area contributed by atoms with Crippen molar-refractivity contribution in [2.75, 3.05) is 19.6 Å². The molecular weight excluding hydrogens is 228 g/mol. The van der Waals surface area contributed by atoms with Crippen LogP contribution in [0.4, 0.5) is 0 Å². The zero-order chi connectivity index (χ0) is 13.5. The molecule has 18 heavy (non-hydrogen) atoms. The number of likely N-dealkylation sites (tertiary alicyclic amines) is 1. The van der Waals surface area contributed by atoms with Crippen molar-refractivity contribution in [2.24, 2.45) is 5.92 Å². The monoisotopic (exact) mass is 256 g/mol. The van der Waals surface area contributed by atoms with Gasteiger partial charge in [0.15, 0.2) is 0 Å². The third-order valence-corrected chi connectivity index (χ3v) is 4.14. The maximum absolute atomic E-state index is 11.8. The standard InChI is InChI=1S/C14H28N2O2/c1-4-12(5-2)13(17)9-15-14(18)10-16-8-6-7-11(16)3/h11-13,17H,4-10H2,1-3H3,(H,15,18)/t11-,13-/m0/s1. The Morgan fingerprint density at radius 3 is 2.61 bits per heavy atom. The molecule has 0 aromatic carbocycles. The molecule has 0 aromatic heterocycles. The molecule has 1 rings (SSSR count). The molecular formula is C14H28N2O2. The van der Waals surface area contributed by atoms with E-state index in [0.29, 0.717) is 19.1 Å². The fourth-order valence-electron chi connectivity index (χ4n) is 2.69. The molecule has 1 aliphatic heterocycles. The number of aliphatic hydroxyl groups is 1. The Morgan fingerprint density at radius 1 is 1.44 bits per heavy atom. The second-order valence-corrected chi connectivity index (χ2v) is 5.41. The lowest BCUT2D eigenvalue weighted by Crippen LogP contribution is -2.42. The second-order valence-electron chi connectivity index (χ2n) is 5.41. The van der Waals surface area contributed by atoms with Crippen molar-refractivity contribution in [3.8, 4) is 0 Å². The van der Waals surface area contributed by atoms with E-state index in [4.69, 9.17) is 0 Å². The molecule has 106 valence electrons. The summed E-state index contributed by atoms with van der Waals surface area (Å²) in [5.41, 5.74) is 0. The lowest BCUT2D eigenvalue weighted by atomic mass is 9.96. The SMILES string of the molecule is CCC(CC)[C@@H](O)CNC(=O)CN1CCC[C@@H]1C. The van der Waals surface area contributed by atoms with Gasteiger partial charge < -0.3 is 10.4 Å². The fourth-order valence-corrected chi connectivity index (χ4v) is 2.69. The van der Waals surface area contributed by atoms with Crippen molar-refractivity contribution >= 4 is 5.91 Å². The zero-order valence-electron chi connectivity index (χ0n) is 12.0. The molecule has 2 atom stereocenters. The van der Waals surface area contributed by atoms with Crippen molar-refractivity contribution in [3.05, 3.63) is 0 Å². The van der Waals surface area contributed by atoms with Crippen LogP contribution in [0.5, 0.6) is 0 Å². The minimum absolute atomic E-state index is 0.0359. The molecule has 0 aliphatic carbocycles. The molecule has 0 aromatic rings. The predicted octanol–water partition coefficient (Wildman–Crippen LogP) is 1.38. The molecule has 1 fully saturated rings.